The molecule has 1 heterocycles. The van der Waals surface area contributed by atoms with Crippen LogP contribution in [0.25, 0.3) is 0 Å². The van der Waals surface area contributed by atoms with Gasteiger partial charge in [0.05, 0.1) is 6.04 Å². The molecule has 0 saturated carbocycles. The van der Waals surface area contributed by atoms with Crippen LogP contribution in [0.1, 0.15) is 40.4 Å². The highest BCUT2D eigenvalue weighted by molar-refractivity contribution is 5.94. The van der Waals surface area contributed by atoms with Crippen molar-refractivity contribution in [1.82, 2.24) is 4.90 Å². The number of hydrogen-bond acceptors (Lipinski definition) is 2. The molecule has 1 aliphatic heterocycles. The van der Waals surface area contributed by atoms with Crippen LogP contribution in [0, 0.1) is 5.82 Å². The molecule has 3 nitrogen and oxygen atoms in total. The molecular weight excluding hydrogens is 315 g/mol. The van der Waals surface area contributed by atoms with Crippen LogP contribution in [0.4, 0.5) is 4.39 Å². The number of amides is 1. The van der Waals surface area contributed by atoms with Gasteiger partial charge in [-0.1, -0.05) is 24.3 Å². The van der Waals surface area contributed by atoms with E-state index in [0.717, 1.165) is 24.0 Å². The summed E-state index contributed by atoms with van der Waals surface area (Å²) in [4.78, 5) is 14.6. The third kappa shape index (κ3) is 3.71. The first-order valence-corrected chi connectivity index (χ1v) is 7.54. The smallest absolute Gasteiger partial charge is 0.254 e. The van der Waals surface area contributed by atoms with Crippen LogP contribution in [-0.4, -0.2) is 17.4 Å². The molecule has 1 aliphatic rings. The Balaban J connectivity index is 0.00000192. The third-order valence-corrected chi connectivity index (χ3v) is 4.18. The fourth-order valence-corrected chi connectivity index (χ4v) is 3.02. The van der Waals surface area contributed by atoms with Crippen LogP contribution in [0.15, 0.2) is 48.5 Å². The van der Waals surface area contributed by atoms with E-state index in [4.69, 9.17) is 5.73 Å². The van der Waals surface area contributed by atoms with E-state index in [9.17, 15) is 9.18 Å². The Morgan fingerprint density at radius 1 is 1.22 bits per heavy atom. The van der Waals surface area contributed by atoms with Gasteiger partial charge < -0.3 is 10.6 Å². The third-order valence-electron chi connectivity index (χ3n) is 4.18. The molecule has 5 heteroatoms. The molecule has 1 unspecified atom stereocenters. The predicted octanol–water partition coefficient (Wildman–Crippen LogP) is 3.68. The summed E-state index contributed by atoms with van der Waals surface area (Å²) in [5.41, 5.74) is 8.10. The van der Waals surface area contributed by atoms with Gasteiger partial charge in [0.2, 0.25) is 0 Å². The van der Waals surface area contributed by atoms with Crippen LogP contribution in [0.2, 0.25) is 0 Å². The number of nitrogens with zero attached hydrogens (tertiary/aromatic N) is 1. The highest BCUT2D eigenvalue weighted by Crippen LogP contribution is 2.33. The monoisotopic (exact) mass is 334 g/mol. The zero-order valence-corrected chi connectivity index (χ0v) is 13.6. The van der Waals surface area contributed by atoms with Crippen LogP contribution in [-0.2, 0) is 6.54 Å². The SMILES string of the molecule is Cl.NCc1ccc(C(=O)N2CCCC2c2cccc(F)c2)cc1. The van der Waals surface area contributed by atoms with Gasteiger partial charge in [0.15, 0.2) is 0 Å². The van der Waals surface area contributed by atoms with Crippen LogP contribution in [0.3, 0.4) is 0 Å². The Labute approximate surface area is 141 Å². The number of carbonyl (C=O) groups is 1. The van der Waals surface area contributed by atoms with E-state index in [2.05, 4.69) is 0 Å². The second-order valence-electron chi connectivity index (χ2n) is 5.61. The lowest BCUT2D eigenvalue weighted by Crippen LogP contribution is -2.30. The molecule has 0 bridgehead atoms. The number of halogens is 2. The molecule has 0 spiro atoms. The van der Waals surface area contributed by atoms with E-state index < -0.39 is 0 Å². The van der Waals surface area contributed by atoms with Crippen molar-refractivity contribution in [2.75, 3.05) is 6.54 Å². The topological polar surface area (TPSA) is 46.3 Å². The van der Waals surface area contributed by atoms with E-state index in [1.54, 1.807) is 6.07 Å². The van der Waals surface area contributed by atoms with Crippen molar-refractivity contribution in [3.8, 4) is 0 Å². The summed E-state index contributed by atoms with van der Waals surface area (Å²) in [6, 6.07) is 13.9. The lowest BCUT2D eigenvalue weighted by molar-refractivity contribution is 0.0735. The molecule has 3 rings (SSSR count). The normalized spacial score (nSPS) is 17.0. The molecule has 1 amide bonds. The number of hydrogen-bond donors (Lipinski definition) is 1. The minimum atomic E-state index is -0.260. The van der Waals surface area contributed by atoms with Crippen LogP contribution in [0.5, 0.6) is 0 Å². The molecule has 2 aromatic rings. The maximum Gasteiger partial charge on any atom is 0.254 e. The zero-order chi connectivity index (χ0) is 15.5. The number of benzene rings is 2. The van der Waals surface area contributed by atoms with Gasteiger partial charge in [0.25, 0.3) is 5.91 Å². The predicted molar refractivity (Wildman–Crippen MR) is 91.0 cm³/mol. The minimum absolute atomic E-state index is 0. The maximum absolute atomic E-state index is 13.4. The fraction of sp³-hybridized carbons (Fsp3) is 0.278. The lowest BCUT2D eigenvalue weighted by Gasteiger charge is -2.25. The number of nitrogens with two attached hydrogens (primary N) is 1. The van der Waals surface area contributed by atoms with E-state index in [1.165, 1.54) is 12.1 Å². The first-order valence-electron chi connectivity index (χ1n) is 7.54. The van der Waals surface area contributed by atoms with E-state index in [-0.39, 0.29) is 30.2 Å². The number of rotatable bonds is 3. The van der Waals surface area contributed by atoms with Gasteiger partial charge in [-0.3, -0.25) is 4.79 Å². The Hall–Kier alpha value is -1.91. The maximum atomic E-state index is 13.4. The summed E-state index contributed by atoms with van der Waals surface area (Å²) in [6.07, 6.45) is 1.81. The van der Waals surface area contributed by atoms with Gasteiger partial charge in [-0.05, 0) is 48.2 Å². The minimum Gasteiger partial charge on any atom is -0.332 e. The van der Waals surface area contributed by atoms with Crippen molar-refractivity contribution in [1.29, 1.82) is 0 Å². The van der Waals surface area contributed by atoms with Gasteiger partial charge in [-0.25, -0.2) is 4.39 Å². The van der Waals surface area contributed by atoms with Crippen LogP contribution >= 0.6 is 12.4 Å². The molecule has 23 heavy (non-hydrogen) atoms. The number of likely N-dealkylation sites (tertiary alicyclic amines) is 1. The largest absolute Gasteiger partial charge is 0.332 e. The first kappa shape index (κ1) is 17.4. The Kier molecular flexibility index (Phi) is 5.74. The van der Waals surface area contributed by atoms with Crippen molar-refractivity contribution >= 4 is 18.3 Å². The van der Waals surface area contributed by atoms with Gasteiger partial charge in [0.1, 0.15) is 5.82 Å². The van der Waals surface area contributed by atoms with Gasteiger partial charge in [0, 0.05) is 18.7 Å². The molecular formula is C18H20ClFN2O. The fourth-order valence-electron chi connectivity index (χ4n) is 3.02. The summed E-state index contributed by atoms with van der Waals surface area (Å²) < 4.78 is 13.4. The highest BCUT2D eigenvalue weighted by Gasteiger charge is 2.30. The average Bonchev–Trinajstić information content (AvgIpc) is 3.04. The molecule has 1 fully saturated rings. The Morgan fingerprint density at radius 2 is 1.96 bits per heavy atom. The highest BCUT2D eigenvalue weighted by atomic mass is 35.5. The zero-order valence-electron chi connectivity index (χ0n) is 12.7. The van der Waals surface area contributed by atoms with E-state index in [1.807, 2.05) is 35.2 Å². The molecule has 122 valence electrons. The molecule has 2 aromatic carbocycles. The second-order valence-corrected chi connectivity index (χ2v) is 5.61. The molecule has 1 atom stereocenters. The summed E-state index contributed by atoms with van der Waals surface area (Å²) >= 11 is 0. The first-order chi connectivity index (χ1) is 10.7. The Bertz CT molecular complexity index is 675. The van der Waals surface area contributed by atoms with Crippen molar-refractivity contribution in [2.45, 2.75) is 25.4 Å². The second kappa shape index (κ2) is 7.57. The molecule has 1 saturated heterocycles. The van der Waals surface area contributed by atoms with Crippen molar-refractivity contribution in [2.24, 2.45) is 5.73 Å². The standard InChI is InChI=1S/C18H19FN2O.ClH/c19-16-4-1-3-15(11-16)17-5-2-10-21(17)18(22)14-8-6-13(12-20)7-9-14;/h1,3-4,6-9,11,17H,2,5,10,12,20H2;1H. The van der Waals surface area contributed by atoms with Crippen LogP contribution < -0.4 is 5.73 Å². The average molecular weight is 335 g/mol. The summed E-state index contributed by atoms with van der Waals surface area (Å²) in [7, 11) is 0. The summed E-state index contributed by atoms with van der Waals surface area (Å²) in [6.45, 7) is 1.17. The van der Waals surface area contributed by atoms with Crippen molar-refractivity contribution < 1.29 is 9.18 Å². The lowest BCUT2D eigenvalue weighted by atomic mass is 10.0. The van der Waals surface area contributed by atoms with Crippen molar-refractivity contribution in [3.63, 3.8) is 0 Å². The quantitative estimate of drug-likeness (QED) is 0.930. The van der Waals surface area contributed by atoms with Gasteiger partial charge in [-0.2, -0.15) is 0 Å². The molecule has 2 N–H and O–H groups in total. The van der Waals surface area contributed by atoms with Gasteiger partial charge in [-0.15, -0.1) is 12.4 Å². The molecule has 0 radical (unpaired) electrons. The molecule has 0 aliphatic carbocycles. The molecule has 0 aromatic heterocycles. The van der Waals surface area contributed by atoms with Crippen molar-refractivity contribution in [3.05, 3.63) is 71.0 Å². The van der Waals surface area contributed by atoms with E-state index in [0.29, 0.717) is 18.7 Å². The Morgan fingerprint density at radius 3 is 2.61 bits per heavy atom. The van der Waals surface area contributed by atoms with E-state index >= 15 is 0 Å². The number of carbonyl (C=O) groups excluding carboxylic acids is 1. The van der Waals surface area contributed by atoms with Gasteiger partial charge >= 0.3 is 0 Å². The summed E-state index contributed by atoms with van der Waals surface area (Å²) in [5.74, 6) is -0.264. The summed E-state index contributed by atoms with van der Waals surface area (Å²) in [5, 5.41) is 0.